The third-order valence-corrected chi connectivity index (χ3v) is 5.96. The van der Waals surface area contributed by atoms with Crippen LogP contribution in [0.15, 0.2) is 6.07 Å². The fraction of sp³-hybridized carbons (Fsp3) is 0.773. The van der Waals surface area contributed by atoms with E-state index < -0.39 is 5.60 Å². The fourth-order valence-corrected chi connectivity index (χ4v) is 4.42. The van der Waals surface area contributed by atoms with Crippen LogP contribution in [0.1, 0.15) is 56.2 Å². The Kier molecular flexibility index (Phi) is 7.06. The van der Waals surface area contributed by atoms with Gasteiger partial charge in [0.1, 0.15) is 11.3 Å². The van der Waals surface area contributed by atoms with E-state index in [4.69, 9.17) is 4.74 Å². The van der Waals surface area contributed by atoms with Crippen LogP contribution in [0.5, 0.6) is 0 Å². The lowest BCUT2D eigenvalue weighted by molar-refractivity contribution is 0.0152. The summed E-state index contributed by atoms with van der Waals surface area (Å²) in [7, 11) is 1.88. The van der Waals surface area contributed by atoms with E-state index in [2.05, 4.69) is 10.4 Å². The molecule has 1 saturated heterocycles. The number of ether oxygens (including phenoxy) is 1. The van der Waals surface area contributed by atoms with Gasteiger partial charge in [-0.25, -0.2) is 4.79 Å². The molecule has 0 bridgehead atoms. The van der Waals surface area contributed by atoms with Gasteiger partial charge in [-0.05, 0) is 77.9 Å². The number of amides is 2. The lowest BCUT2D eigenvalue weighted by Gasteiger charge is -2.38. The molecule has 0 aromatic carbocycles. The minimum atomic E-state index is -0.472. The molecule has 0 spiro atoms. The Morgan fingerprint density at radius 1 is 1.20 bits per heavy atom. The van der Waals surface area contributed by atoms with Crippen molar-refractivity contribution in [3.05, 3.63) is 17.5 Å². The van der Waals surface area contributed by atoms with Crippen LogP contribution in [0.4, 0.5) is 4.79 Å². The lowest BCUT2D eigenvalue weighted by atomic mass is 9.83. The van der Waals surface area contributed by atoms with Gasteiger partial charge in [0.2, 0.25) is 0 Å². The van der Waals surface area contributed by atoms with Crippen LogP contribution in [0.3, 0.4) is 0 Å². The number of nitrogens with one attached hydrogen (secondary N) is 1. The highest BCUT2D eigenvalue weighted by Gasteiger charge is 2.32. The fourth-order valence-electron chi connectivity index (χ4n) is 4.42. The highest BCUT2D eigenvalue weighted by atomic mass is 16.6. The Morgan fingerprint density at radius 2 is 1.90 bits per heavy atom. The van der Waals surface area contributed by atoms with E-state index in [1.54, 1.807) is 0 Å². The average molecular weight is 420 g/mol. The average Bonchev–Trinajstić information content (AvgIpc) is 3.04. The highest BCUT2D eigenvalue weighted by molar-refractivity contribution is 5.92. The lowest BCUT2D eigenvalue weighted by Crippen LogP contribution is -2.46. The zero-order valence-corrected chi connectivity index (χ0v) is 19.1. The number of hydrogen-bond acceptors (Lipinski definition) is 5. The number of hydrogen-bond donors (Lipinski definition) is 1. The minimum absolute atomic E-state index is 0.0358. The van der Waals surface area contributed by atoms with Crippen molar-refractivity contribution in [1.82, 2.24) is 24.9 Å². The predicted molar refractivity (Wildman–Crippen MR) is 115 cm³/mol. The quantitative estimate of drug-likeness (QED) is 0.757. The van der Waals surface area contributed by atoms with Gasteiger partial charge < -0.3 is 19.9 Å². The highest BCUT2D eigenvalue weighted by Crippen LogP contribution is 2.27. The molecule has 1 N–H and O–H groups in total. The second-order valence-electron chi connectivity index (χ2n) is 9.70. The standard InChI is InChI=1S/C22H37N5O3/c1-16-13-19-20(28)25(5)15-18(14-23-9-6-10-27(19)24-16)17-7-11-26(12-8-17)21(29)30-22(2,3)4/h13,17-18,23H,6-12,14-15H2,1-5H3. The van der Waals surface area contributed by atoms with Crippen LogP contribution in [0.2, 0.25) is 0 Å². The normalized spacial score (nSPS) is 22.4. The van der Waals surface area contributed by atoms with Gasteiger partial charge in [0.25, 0.3) is 5.91 Å². The van der Waals surface area contributed by atoms with E-state index in [-0.39, 0.29) is 12.0 Å². The molecule has 3 heterocycles. The molecule has 2 aliphatic rings. The van der Waals surface area contributed by atoms with Crippen molar-refractivity contribution in [1.29, 1.82) is 0 Å². The van der Waals surface area contributed by atoms with Gasteiger partial charge in [0, 0.05) is 33.2 Å². The van der Waals surface area contributed by atoms with Gasteiger partial charge in [-0.2, -0.15) is 5.10 Å². The van der Waals surface area contributed by atoms with Crippen molar-refractivity contribution in [2.45, 2.75) is 59.1 Å². The number of fused-ring (bicyclic) bond motifs is 1. The SMILES string of the molecule is Cc1cc2n(n1)CCCNCC(C1CCN(C(=O)OC(C)(C)C)CC1)CN(C)C2=O. The molecule has 2 aliphatic heterocycles. The molecule has 1 fully saturated rings. The number of likely N-dealkylation sites (tertiary alicyclic amines) is 1. The zero-order valence-electron chi connectivity index (χ0n) is 19.1. The molecule has 1 atom stereocenters. The summed E-state index contributed by atoms with van der Waals surface area (Å²) in [4.78, 5) is 29.1. The smallest absolute Gasteiger partial charge is 0.410 e. The summed E-state index contributed by atoms with van der Waals surface area (Å²) in [6, 6.07) is 1.89. The molecule has 168 valence electrons. The number of carbonyl (C=O) groups is 2. The first kappa shape index (κ1) is 22.6. The second kappa shape index (κ2) is 9.37. The van der Waals surface area contributed by atoms with Crippen LogP contribution >= 0.6 is 0 Å². The van der Waals surface area contributed by atoms with Crippen molar-refractivity contribution >= 4 is 12.0 Å². The third-order valence-electron chi connectivity index (χ3n) is 5.96. The van der Waals surface area contributed by atoms with Crippen molar-refractivity contribution in [2.24, 2.45) is 11.8 Å². The Hall–Kier alpha value is -2.09. The first-order chi connectivity index (χ1) is 14.1. The van der Waals surface area contributed by atoms with Gasteiger partial charge in [0.05, 0.1) is 5.69 Å². The third kappa shape index (κ3) is 5.74. The molecular formula is C22H37N5O3. The Morgan fingerprint density at radius 3 is 2.57 bits per heavy atom. The topological polar surface area (TPSA) is 79.7 Å². The molecule has 0 aliphatic carbocycles. The summed E-state index contributed by atoms with van der Waals surface area (Å²) in [5.74, 6) is 0.864. The first-order valence-corrected chi connectivity index (χ1v) is 11.1. The maximum absolute atomic E-state index is 13.1. The summed E-state index contributed by atoms with van der Waals surface area (Å²) < 4.78 is 7.36. The van der Waals surface area contributed by atoms with Gasteiger partial charge in [0.15, 0.2) is 0 Å². The van der Waals surface area contributed by atoms with Gasteiger partial charge >= 0.3 is 6.09 Å². The number of nitrogens with zero attached hydrogens (tertiary/aromatic N) is 4. The molecule has 0 saturated carbocycles. The molecule has 1 aromatic heterocycles. The summed E-state index contributed by atoms with van der Waals surface area (Å²) in [6.45, 7) is 12.3. The Labute approximate surface area is 179 Å². The molecule has 1 aromatic rings. The van der Waals surface area contributed by atoms with Gasteiger partial charge in [-0.15, -0.1) is 0 Å². The minimum Gasteiger partial charge on any atom is -0.444 e. The van der Waals surface area contributed by atoms with E-state index >= 15 is 0 Å². The van der Waals surface area contributed by atoms with Crippen LogP contribution in [-0.2, 0) is 11.3 Å². The van der Waals surface area contributed by atoms with E-state index in [9.17, 15) is 9.59 Å². The van der Waals surface area contributed by atoms with Crippen LogP contribution in [-0.4, -0.2) is 77.0 Å². The molecule has 0 radical (unpaired) electrons. The van der Waals surface area contributed by atoms with E-state index in [0.29, 0.717) is 37.2 Å². The summed E-state index contributed by atoms with van der Waals surface area (Å²) in [5, 5.41) is 8.08. The Balaban J connectivity index is 1.63. The van der Waals surface area contributed by atoms with E-state index in [0.717, 1.165) is 44.6 Å². The summed E-state index contributed by atoms with van der Waals surface area (Å²) in [5.41, 5.74) is 1.08. The number of carbonyl (C=O) groups excluding carboxylic acids is 2. The molecule has 8 nitrogen and oxygen atoms in total. The van der Waals surface area contributed by atoms with E-state index in [1.807, 2.05) is 55.3 Å². The first-order valence-electron chi connectivity index (χ1n) is 11.1. The molecule has 2 amide bonds. The second-order valence-corrected chi connectivity index (χ2v) is 9.70. The molecule has 3 rings (SSSR count). The predicted octanol–water partition coefficient (Wildman–Crippen LogP) is 2.52. The monoisotopic (exact) mass is 419 g/mol. The van der Waals surface area contributed by atoms with Crippen LogP contribution in [0, 0.1) is 18.8 Å². The summed E-state index contributed by atoms with van der Waals surface area (Å²) in [6.07, 6.45) is 2.59. The van der Waals surface area contributed by atoms with Crippen LogP contribution < -0.4 is 5.32 Å². The maximum atomic E-state index is 13.1. The number of aromatic nitrogens is 2. The van der Waals surface area contributed by atoms with Gasteiger partial charge in [-0.3, -0.25) is 9.48 Å². The van der Waals surface area contributed by atoms with Gasteiger partial charge in [-0.1, -0.05) is 0 Å². The number of aryl methyl sites for hydroxylation is 2. The van der Waals surface area contributed by atoms with Crippen molar-refractivity contribution in [3.63, 3.8) is 0 Å². The Bertz CT molecular complexity index is 746. The molecule has 30 heavy (non-hydrogen) atoms. The van der Waals surface area contributed by atoms with Crippen LogP contribution in [0.25, 0.3) is 0 Å². The van der Waals surface area contributed by atoms with Crippen molar-refractivity contribution in [2.75, 3.05) is 39.8 Å². The molecule has 8 heteroatoms. The zero-order chi connectivity index (χ0) is 21.9. The molecular weight excluding hydrogens is 382 g/mol. The number of piperidine rings is 1. The van der Waals surface area contributed by atoms with Crippen molar-refractivity contribution < 1.29 is 14.3 Å². The summed E-state index contributed by atoms with van der Waals surface area (Å²) >= 11 is 0. The number of rotatable bonds is 1. The largest absolute Gasteiger partial charge is 0.444 e. The maximum Gasteiger partial charge on any atom is 0.410 e. The van der Waals surface area contributed by atoms with Crippen molar-refractivity contribution in [3.8, 4) is 0 Å². The van der Waals surface area contributed by atoms with E-state index in [1.165, 1.54) is 0 Å². The molecule has 1 unspecified atom stereocenters.